The van der Waals surface area contributed by atoms with Crippen molar-refractivity contribution in [2.24, 2.45) is 0 Å². The molecule has 1 aromatic carbocycles. The zero-order valence-corrected chi connectivity index (χ0v) is 20.2. The molecule has 1 N–H and O–H groups in total. The van der Waals surface area contributed by atoms with E-state index in [1.165, 1.54) is 23.5 Å². The van der Waals surface area contributed by atoms with Crippen LogP contribution in [0.4, 0.5) is 0 Å². The van der Waals surface area contributed by atoms with Crippen molar-refractivity contribution in [3.8, 4) is 11.5 Å². The Labute approximate surface area is 201 Å². The Morgan fingerprint density at radius 1 is 1.15 bits per heavy atom. The Bertz CT molecular complexity index is 1210. The van der Waals surface area contributed by atoms with Crippen LogP contribution in [0, 0.1) is 0 Å². The van der Waals surface area contributed by atoms with E-state index < -0.39 is 5.97 Å². The summed E-state index contributed by atoms with van der Waals surface area (Å²) >= 11 is 1.15. The zero-order chi connectivity index (χ0) is 23.9. The van der Waals surface area contributed by atoms with Crippen molar-refractivity contribution in [3.05, 3.63) is 43.3 Å². The fraction of sp³-hybridized carbons (Fsp3) is 0.480. The smallest absolute Gasteiger partial charge is 0.333 e. The molecule has 0 saturated heterocycles. The monoisotopic (exact) mass is 486 g/mol. The third-order valence-corrected chi connectivity index (χ3v) is 6.91. The molecule has 2 aromatic rings. The molecule has 9 heteroatoms. The third kappa shape index (κ3) is 6.08. The number of benzene rings is 1. The van der Waals surface area contributed by atoms with E-state index >= 15 is 0 Å². The van der Waals surface area contributed by atoms with E-state index in [4.69, 9.17) is 14.2 Å². The molecule has 1 aromatic heterocycles. The Kier molecular flexibility index (Phi) is 8.05. The van der Waals surface area contributed by atoms with Gasteiger partial charge in [0.2, 0.25) is 5.91 Å². The minimum Gasteiger partial charge on any atom is -0.486 e. The number of ether oxygens (including phenoxy) is 3. The van der Waals surface area contributed by atoms with Gasteiger partial charge >= 0.3 is 5.97 Å². The highest BCUT2D eigenvalue weighted by Gasteiger charge is 2.17. The largest absolute Gasteiger partial charge is 0.486 e. The van der Waals surface area contributed by atoms with Gasteiger partial charge in [-0.2, -0.15) is 0 Å². The lowest BCUT2D eigenvalue weighted by Crippen LogP contribution is -2.41. The second-order valence-corrected chi connectivity index (χ2v) is 9.46. The highest BCUT2D eigenvalue weighted by atomic mass is 32.1. The number of nitrogens with one attached hydrogen (secondary N) is 1. The summed E-state index contributed by atoms with van der Waals surface area (Å²) in [6.45, 7) is 2.77. The topological polar surface area (TPSA) is 95.9 Å². The molecule has 2 heterocycles. The zero-order valence-electron chi connectivity index (χ0n) is 19.3. The molecule has 1 aliphatic carbocycles. The van der Waals surface area contributed by atoms with Gasteiger partial charge in [0, 0.05) is 6.04 Å². The van der Waals surface area contributed by atoms with Gasteiger partial charge in [0.15, 0.2) is 11.5 Å². The fourth-order valence-electron chi connectivity index (χ4n) is 4.22. The maximum atomic E-state index is 13.2. The summed E-state index contributed by atoms with van der Waals surface area (Å²) in [5.41, 5.74) is 0.437. The van der Waals surface area contributed by atoms with Crippen molar-refractivity contribution in [3.63, 3.8) is 0 Å². The molecule has 8 nitrogen and oxygen atoms in total. The van der Waals surface area contributed by atoms with Crippen LogP contribution in [0.2, 0.25) is 0 Å². The van der Waals surface area contributed by atoms with Crippen LogP contribution in [-0.4, -0.2) is 42.3 Å². The summed E-state index contributed by atoms with van der Waals surface area (Å²) in [5.74, 6) is 0.514. The normalized spacial score (nSPS) is 17.3. The molecule has 4 rings (SSSR count). The second kappa shape index (κ2) is 11.4. The number of nitrogens with zero attached hydrogens (tertiary/aromatic N) is 1. The number of hydrogen-bond acceptors (Lipinski definition) is 7. The molecule has 1 aliphatic heterocycles. The highest BCUT2D eigenvalue weighted by molar-refractivity contribution is 7.07. The van der Waals surface area contributed by atoms with E-state index in [-0.39, 0.29) is 30.7 Å². The quantitative estimate of drug-likeness (QED) is 0.493. The molecule has 0 spiro atoms. The van der Waals surface area contributed by atoms with Crippen LogP contribution >= 0.6 is 11.3 Å². The maximum Gasteiger partial charge on any atom is 0.333 e. The Balaban J connectivity index is 1.65. The molecule has 2 aliphatic rings. The summed E-state index contributed by atoms with van der Waals surface area (Å²) in [4.78, 5) is 38.2. The summed E-state index contributed by atoms with van der Waals surface area (Å²) in [7, 11) is 0. The summed E-state index contributed by atoms with van der Waals surface area (Å²) in [6.07, 6.45) is 9.48. The Morgan fingerprint density at radius 2 is 1.88 bits per heavy atom. The number of thiazole rings is 1. The van der Waals surface area contributed by atoms with Crippen molar-refractivity contribution in [1.29, 1.82) is 0 Å². The number of carbonyl (C=O) groups is 2. The first kappa shape index (κ1) is 24.1. The van der Waals surface area contributed by atoms with E-state index in [1.54, 1.807) is 19.1 Å². The maximum absolute atomic E-state index is 13.2. The number of fused-ring (bicyclic) bond motifs is 1. The molecule has 0 unspecified atom stereocenters. The lowest BCUT2D eigenvalue weighted by Gasteiger charge is -2.18. The summed E-state index contributed by atoms with van der Waals surface area (Å²) < 4.78 is 18.3. The van der Waals surface area contributed by atoms with Crippen LogP contribution < -0.4 is 29.5 Å². The predicted octanol–water partition coefficient (Wildman–Crippen LogP) is 1.69. The van der Waals surface area contributed by atoms with E-state index in [1.807, 2.05) is 12.1 Å². The van der Waals surface area contributed by atoms with Gasteiger partial charge in [-0.1, -0.05) is 31.7 Å². The molecule has 0 atom stereocenters. The van der Waals surface area contributed by atoms with E-state index in [0.717, 1.165) is 42.6 Å². The predicted molar refractivity (Wildman–Crippen MR) is 130 cm³/mol. The van der Waals surface area contributed by atoms with Crippen LogP contribution in [0.25, 0.3) is 12.2 Å². The Morgan fingerprint density at radius 3 is 2.62 bits per heavy atom. The van der Waals surface area contributed by atoms with Gasteiger partial charge in [0.05, 0.1) is 17.2 Å². The molecular formula is C25H30N2O6S. The molecule has 0 radical (unpaired) electrons. The SMILES string of the molecule is CCOC(=O)C=c1s/c(=C\c2ccc3c(c2)OCCO3)c(=O)n1CC(=O)NC1CCCCCC1. The van der Waals surface area contributed by atoms with Crippen molar-refractivity contribution < 1.29 is 23.8 Å². The van der Waals surface area contributed by atoms with Crippen molar-refractivity contribution in [2.75, 3.05) is 19.8 Å². The van der Waals surface area contributed by atoms with Gasteiger partial charge in [0.25, 0.3) is 5.56 Å². The minimum absolute atomic E-state index is 0.130. The van der Waals surface area contributed by atoms with Crippen LogP contribution in [0.3, 0.4) is 0 Å². The second-order valence-electron chi connectivity index (χ2n) is 8.40. The number of carbonyl (C=O) groups excluding carboxylic acids is 2. The van der Waals surface area contributed by atoms with E-state index in [9.17, 15) is 14.4 Å². The van der Waals surface area contributed by atoms with Crippen molar-refractivity contribution in [1.82, 2.24) is 9.88 Å². The third-order valence-electron chi connectivity index (χ3n) is 5.85. The van der Waals surface area contributed by atoms with Gasteiger partial charge in [-0.25, -0.2) is 4.79 Å². The lowest BCUT2D eigenvalue weighted by molar-refractivity contribution is -0.135. The number of amides is 1. The average molecular weight is 487 g/mol. The van der Waals surface area contributed by atoms with Gasteiger partial charge < -0.3 is 19.5 Å². The lowest BCUT2D eigenvalue weighted by atomic mass is 10.1. The average Bonchev–Trinajstić information content (AvgIpc) is 2.99. The standard InChI is InChI=1S/C25H30N2O6S/c1-2-31-24(29)15-23-27(16-22(28)26-18-7-5-3-4-6-8-18)25(30)21(34-23)14-17-9-10-19-20(13-17)33-12-11-32-19/h9-10,13-15,18H,2-8,11-12,16H2,1H3,(H,26,28)/b21-14-,23-15?. The molecule has 0 bridgehead atoms. The fourth-order valence-corrected chi connectivity index (χ4v) is 5.25. The van der Waals surface area contributed by atoms with Crippen LogP contribution in [0.1, 0.15) is 51.0 Å². The van der Waals surface area contributed by atoms with Gasteiger partial charge in [-0.15, -0.1) is 11.3 Å². The molecule has 1 fully saturated rings. The summed E-state index contributed by atoms with van der Waals surface area (Å²) in [5, 5.41) is 3.07. The first-order valence-electron chi connectivity index (χ1n) is 11.8. The molecule has 34 heavy (non-hydrogen) atoms. The summed E-state index contributed by atoms with van der Waals surface area (Å²) in [6, 6.07) is 5.58. The van der Waals surface area contributed by atoms with E-state index in [0.29, 0.717) is 33.9 Å². The van der Waals surface area contributed by atoms with Crippen LogP contribution in [-0.2, 0) is 20.9 Å². The van der Waals surface area contributed by atoms with E-state index in [2.05, 4.69) is 5.32 Å². The first-order valence-corrected chi connectivity index (χ1v) is 12.6. The Hall–Kier alpha value is -3.07. The highest BCUT2D eigenvalue weighted by Crippen LogP contribution is 2.30. The number of rotatable bonds is 6. The number of aromatic nitrogens is 1. The van der Waals surface area contributed by atoms with Crippen LogP contribution in [0.5, 0.6) is 11.5 Å². The first-order chi connectivity index (χ1) is 16.5. The number of hydrogen-bond donors (Lipinski definition) is 1. The van der Waals surface area contributed by atoms with Crippen LogP contribution in [0.15, 0.2) is 23.0 Å². The van der Waals surface area contributed by atoms with Gasteiger partial charge in [-0.3, -0.25) is 14.2 Å². The van der Waals surface area contributed by atoms with Crippen molar-refractivity contribution in [2.45, 2.75) is 58.0 Å². The van der Waals surface area contributed by atoms with Crippen molar-refractivity contribution >= 4 is 35.4 Å². The van der Waals surface area contributed by atoms with Gasteiger partial charge in [0.1, 0.15) is 24.4 Å². The molecule has 1 amide bonds. The molecule has 1 saturated carbocycles. The van der Waals surface area contributed by atoms with Gasteiger partial charge in [-0.05, 0) is 43.5 Å². The minimum atomic E-state index is -0.549. The molecule has 182 valence electrons. The molecular weight excluding hydrogens is 456 g/mol. The number of esters is 1.